The number of rotatable bonds is 4. The Morgan fingerprint density at radius 2 is 1.85 bits per heavy atom. The van der Waals surface area contributed by atoms with Crippen LogP contribution in [0.3, 0.4) is 0 Å². The molecule has 2 aromatic carbocycles. The summed E-state index contributed by atoms with van der Waals surface area (Å²) < 4.78 is 50.9. The van der Waals surface area contributed by atoms with Gasteiger partial charge in [-0.3, -0.25) is 14.5 Å². The molecule has 0 spiro atoms. The first-order valence-corrected chi connectivity index (χ1v) is 10.2. The van der Waals surface area contributed by atoms with E-state index in [-0.39, 0.29) is 22.8 Å². The third-order valence-electron chi connectivity index (χ3n) is 5.42. The lowest BCUT2D eigenvalue weighted by molar-refractivity contribution is -0.137. The molecule has 172 valence electrons. The van der Waals surface area contributed by atoms with E-state index in [1.807, 2.05) is 0 Å². The van der Waals surface area contributed by atoms with E-state index in [1.165, 1.54) is 30.5 Å². The van der Waals surface area contributed by atoms with Crippen LogP contribution in [-0.2, 0) is 11.0 Å². The molecule has 5 rings (SSSR count). The topological polar surface area (TPSA) is 83.9 Å². The molecule has 1 aliphatic rings. The normalized spacial score (nSPS) is 16.6. The molecule has 2 aromatic heterocycles. The third kappa shape index (κ3) is 3.54. The SMILES string of the molecule is O=C(C1=C(O)C(=O)N(c2cccc(C(F)(F)F)c2)C1c1ccco1)c1cc2cc(Cl)ccc2o1. The number of halogens is 4. The predicted molar refractivity (Wildman–Crippen MR) is 116 cm³/mol. The maximum atomic E-state index is 13.4. The van der Waals surface area contributed by atoms with Crippen LogP contribution in [0.25, 0.3) is 11.0 Å². The van der Waals surface area contributed by atoms with Gasteiger partial charge in [0.25, 0.3) is 5.91 Å². The Labute approximate surface area is 194 Å². The van der Waals surface area contributed by atoms with Crippen molar-refractivity contribution < 1.29 is 36.7 Å². The highest BCUT2D eigenvalue weighted by atomic mass is 35.5. The minimum Gasteiger partial charge on any atom is -0.503 e. The molecule has 1 aliphatic heterocycles. The molecule has 3 heterocycles. The van der Waals surface area contributed by atoms with Crippen LogP contribution in [0.1, 0.15) is 27.9 Å². The second-order valence-corrected chi connectivity index (χ2v) is 7.96. The van der Waals surface area contributed by atoms with Gasteiger partial charge in [0.05, 0.1) is 17.4 Å². The van der Waals surface area contributed by atoms with Crippen LogP contribution < -0.4 is 4.90 Å². The standard InChI is InChI=1S/C24H13ClF3NO5/c25-14-6-7-16-12(9-14)10-18(34-16)21(30)19-20(17-5-2-8-33-17)29(23(32)22(19)31)15-4-1-3-13(11-15)24(26,27)28/h1-11,20,31H. The number of nitrogens with zero attached hydrogens (tertiary/aromatic N) is 1. The quantitative estimate of drug-likeness (QED) is 0.333. The fourth-order valence-corrected chi connectivity index (χ4v) is 4.09. The van der Waals surface area contributed by atoms with Gasteiger partial charge in [-0.1, -0.05) is 17.7 Å². The lowest BCUT2D eigenvalue weighted by atomic mass is 9.99. The molecule has 0 radical (unpaired) electrons. The molecule has 0 fully saturated rings. The number of alkyl halides is 3. The summed E-state index contributed by atoms with van der Waals surface area (Å²) in [5, 5.41) is 11.6. The van der Waals surface area contributed by atoms with Gasteiger partial charge in [0.15, 0.2) is 11.5 Å². The minimum absolute atomic E-state index is 0.0670. The highest BCUT2D eigenvalue weighted by Crippen LogP contribution is 2.43. The molecule has 1 amide bonds. The van der Waals surface area contributed by atoms with Crippen molar-refractivity contribution in [1.29, 1.82) is 0 Å². The van der Waals surface area contributed by atoms with E-state index >= 15 is 0 Å². The number of ketones is 1. The molecular formula is C24H13ClF3NO5. The van der Waals surface area contributed by atoms with E-state index in [0.29, 0.717) is 16.0 Å². The summed E-state index contributed by atoms with van der Waals surface area (Å²) in [7, 11) is 0. The van der Waals surface area contributed by atoms with Crippen molar-refractivity contribution >= 4 is 39.9 Å². The first-order chi connectivity index (χ1) is 16.1. The van der Waals surface area contributed by atoms with Gasteiger partial charge in [0.2, 0.25) is 5.78 Å². The van der Waals surface area contributed by atoms with Crippen LogP contribution in [-0.4, -0.2) is 16.8 Å². The van der Waals surface area contributed by atoms with Gasteiger partial charge in [0, 0.05) is 16.1 Å². The van der Waals surface area contributed by atoms with Crippen molar-refractivity contribution in [3.05, 3.63) is 100 Å². The summed E-state index contributed by atoms with van der Waals surface area (Å²) in [4.78, 5) is 27.3. The Kier molecular flexibility index (Phi) is 5.02. The fourth-order valence-electron chi connectivity index (χ4n) is 3.91. The lowest BCUT2D eigenvalue weighted by Crippen LogP contribution is -2.31. The fraction of sp³-hybridized carbons (Fsp3) is 0.0833. The lowest BCUT2D eigenvalue weighted by Gasteiger charge is -2.25. The summed E-state index contributed by atoms with van der Waals surface area (Å²) in [6.45, 7) is 0. The number of hydrogen-bond acceptors (Lipinski definition) is 5. The Morgan fingerprint density at radius 3 is 2.56 bits per heavy atom. The minimum atomic E-state index is -4.66. The molecule has 6 nitrogen and oxygen atoms in total. The summed E-state index contributed by atoms with van der Waals surface area (Å²) >= 11 is 5.98. The Balaban J connectivity index is 1.63. The van der Waals surface area contributed by atoms with Gasteiger partial charge in [-0.15, -0.1) is 0 Å². The molecular weight excluding hydrogens is 475 g/mol. The Bertz CT molecular complexity index is 1470. The van der Waals surface area contributed by atoms with Crippen LogP contribution in [0.2, 0.25) is 5.02 Å². The molecule has 10 heteroatoms. The van der Waals surface area contributed by atoms with Crippen LogP contribution in [0.15, 0.2) is 87.1 Å². The average molecular weight is 488 g/mol. The number of hydrogen-bond donors (Lipinski definition) is 1. The van der Waals surface area contributed by atoms with Crippen molar-refractivity contribution in [1.82, 2.24) is 0 Å². The monoisotopic (exact) mass is 487 g/mol. The molecule has 0 bridgehead atoms. The molecule has 34 heavy (non-hydrogen) atoms. The molecule has 1 atom stereocenters. The first-order valence-electron chi connectivity index (χ1n) is 9.86. The van der Waals surface area contributed by atoms with Crippen LogP contribution in [0, 0.1) is 0 Å². The molecule has 0 aliphatic carbocycles. The van der Waals surface area contributed by atoms with Crippen molar-refractivity contribution in [3.8, 4) is 0 Å². The van der Waals surface area contributed by atoms with Gasteiger partial charge in [-0.05, 0) is 54.6 Å². The van der Waals surface area contributed by atoms with Crippen molar-refractivity contribution in [2.75, 3.05) is 4.90 Å². The van der Waals surface area contributed by atoms with Crippen molar-refractivity contribution in [2.45, 2.75) is 12.2 Å². The largest absolute Gasteiger partial charge is 0.503 e. The van der Waals surface area contributed by atoms with E-state index in [2.05, 4.69) is 0 Å². The second-order valence-electron chi connectivity index (χ2n) is 7.53. The Morgan fingerprint density at radius 1 is 1.06 bits per heavy atom. The summed E-state index contributed by atoms with van der Waals surface area (Å²) in [6, 6.07) is 11.7. The van der Waals surface area contributed by atoms with Crippen molar-refractivity contribution in [2.24, 2.45) is 0 Å². The first kappa shape index (κ1) is 21.8. The van der Waals surface area contributed by atoms with Crippen LogP contribution in [0.5, 0.6) is 0 Å². The second kappa shape index (κ2) is 7.81. The van der Waals surface area contributed by atoms with Gasteiger partial charge in [-0.25, -0.2) is 0 Å². The van der Waals surface area contributed by atoms with Crippen LogP contribution >= 0.6 is 11.6 Å². The number of carbonyl (C=O) groups is 2. The maximum absolute atomic E-state index is 13.4. The number of carbonyl (C=O) groups excluding carboxylic acids is 2. The summed E-state index contributed by atoms with van der Waals surface area (Å²) in [6.07, 6.45) is -3.38. The predicted octanol–water partition coefficient (Wildman–Crippen LogP) is 6.48. The Hall–Kier alpha value is -3.98. The number of aliphatic hydroxyl groups excluding tert-OH is 1. The zero-order valence-electron chi connectivity index (χ0n) is 17.0. The molecule has 0 saturated heterocycles. The smallest absolute Gasteiger partial charge is 0.416 e. The third-order valence-corrected chi connectivity index (χ3v) is 5.65. The van der Waals surface area contributed by atoms with Gasteiger partial charge in [0.1, 0.15) is 17.4 Å². The van der Waals surface area contributed by atoms with Crippen LogP contribution in [0.4, 0.5) is 18.9 Å². The van der Waals surface area contributed by atoms with E-state index in [9.17, 15) is 27.9 Å². The van der Waals surface area contributed by atoms with Crippen molar-refractivity contribution in [3.63, 3.8) is 0 Å². The highest BCUT2D eigenvalue weighted by Gasteiger charge is 2.47. The van der Waals surface area contributed by atoms with Gasteiger partial charge < -0.3 is 13.9 Å². The number of aliphatic hydroxyl groups is 1. The number of furan rings is 2. The average Bonchev–Trinajstić information content (AvgIpc) is 3.52. The number of anilines is 1. The van der Waals surface area contributed by atoms with Gasteiger partial charge >= 0.3 is 6.18 Å². The van der Waals surface area contributed by atoms with E-state index in [0.717, 1.165) is 23.1 Å². The highest BCUT2D eigenvalue weighted by molar-refractivity contribution is 6.31. The molecule has 0 saturated carbocycles. The zero-order valence-corrected chi connectivity index (χ0v) is 17.7. The van der Waals surface area contributed by atoms with E-state index in [4.69, 9.17) is 20.4 Å². The van der Waals surface area contributed by atoms with E-state index < -0.39 is 35.2 Å². The summed E-state index contributed by atoms with van der Waals surface area (Å²) in [5.41, 5.74) is -1.21. The number of Topliss-reactive ketones (excluding diaryl/α,β-unsaturated/α-hetero) is 1. The molecule has 1 N–H and O–H groups in total. The zero-order chi connectivity index (χ0) is 24.2. The molecule has 4 aromatic rings. The maximum Gasteiger partial charge on any atom is 0.416 e. The number of fused-ring (bicyclic) bond motifs is 1. The molecule has 1 unspecified atom stereocenters. The summed E-state index contributed by atoms with van der Waals surface area (Å²) in [5.74, 6) is -2.91. The number of amides is 1. The van der Waals surface area contributed by atoms with Gasteiger partial charge in [-0.2, -0.15) is 13.2 Å². The number of benzene rings is 2. The van der Waals surface area contributed by atoms with E-state index in [1.54, 1.807) is 18.2 Å².